The summed E-state index contributed by atoms with van der Waals surface area (Å²) in [5.74, 6) is -0.207. The molecule has 1 atom stereocenters. The predicted octanol–water partition coefficient (Wildman–Crippen LogP) is 1.74. The van der Waals surface area contributed by atoms with Gasteiger partial charge in [0, 0.05) is 25.7 Å². The zero-order chi connectivity index (χ0) is 13.7. The number of nitrogens with zero attached hydrogens (tertiary/aromatic N) is 1. The molecule has 5 heteroatoms. The van der Waals surface area contributed by atoms with E-state index < -0.39 is 11.9 Å². The van der Waals surface area contributed by atoms with Crippen molar-refractivity contribution in [3.05, 3.63) is 29.6 Å². The van der Waals surface area contributed by atoms with E-state index >= 15 is 0 Å². The first kappa shape index (κ1) is 14.4. The number of halogens is 1. The van der Waals surface area contributed by atoms with Gasteiger partial charge in [-0.3, -0.25) is 4.79 Å². The van der Waals surface area contributed by atoms with Crippen molar-refractivity contribution in [3.63, 3.8) is 0 Å². The molecule has 0 aliphatic rings. The fourth-order valence-electron chi connectivity index (χ4n) is 1.42. The van der Waals surface area contributed by atoms with E-state index in [9.17, 15) is 14.3 Å². The highest BCUT2D eigenvalue weighted by molar-refractivity contribution is 5.75. The number of aliphatic hydroxyl groups is 1. The molecule has 0 heterocycles. The van der Waals surface area contributed by atoms with Gasteiger partial charge in [0.05, 0.1) is 19.1 Å². The standard InChI is InChI=1S/C13H18FNO3/c1-9(16)11-5-4-10(8-12(11)14)18-7-6-13(17)15(2)3/h4-5,8-9,16H,6-7H2,1-3H3/t9-/m0/s1. The topological polar surface area (TPSA) is 49.8 Å². The van der Waals surface area contributed by atoms with Crippen molar-refractivity contribution >= 4 is 5.91 Å². The van der Waals surface area contributed by atoms with E-state index in [1.165, 1.54) is 24.0 Å². The molecular weight excluding hydrogens is 237 g/mol. The Labute approximate surface area is 106 Å². The van der Waals surface area contributed by atoms with E-state index in [-0.39, 0.29) is 24.5 Å². The van der Waals surface area contributed by atoms with E-state index in [1.54, 1.807) is 20.2 Å². The van der Waals surface area contributed by atoms with E-state index in [0.717, 1.165) is 0 Å². The van der Waals surface area contributed by atoms with Gasteiger partial charge in [0.15, 0.2) is 0 Å². The van der Waals surface area contributed by atoms with Crippen LogP contribution in [0.4, 0.5) is 4.39 Å². The van der Waals surface area contributed by atoms with Crippen LogP contribution in [0.25, 0.3) is 0 Å². The first-order valence-corrected chi connectivity index (χ1v) is 5.72. The molecule has 1 aromatic carbocycles. The van der Waals surface area contributed by atoms with Crippen molar-refractivity contribution in [2.75, 3.05) is 20.7 Å². The number of ether oxygens (including phenoxy) is 1. The zero-order valence-electron chi connectivity index (χ0n) is 10.8. The lowest BCUT2D eigenvalue weighted by Crippen LogP contribution is -2.23. The molecule has 18 heavy (non-hydrogen) atoms. The van der Waals surface area contributed by atoms with Crippen LogP contribution in [-0.4, -0.2) is 36.6 Å². The first-order chi connectivity index (χ1) is 8.41. The molecule has 0 aliphatic carbocycles. The molecule has 1 N–H and O–H groups in total. The van der Waals surface area contributed by atoms with Crippen molar-refractivity contribution < 1.29 is 19.0 Å². The monoisotopic (exact) mass is 255 g/mol. The minimum atomic E-state index is -0.852. The van der Waals surface area contributed by atoms with Crippen LogP contribution in [0.1, 0.15) is 25.0 Å². The quantitative estimate of drug-likeness (QED) is 0.871. The molecule has 0 fully saturated rings. The van der Waals surface area contributed by atoms with Crippen LogP contribution in [0.15, 0.2) is 18.2 Å². The molecular formula is C13H18FNO3. The number of benzene rings is 1. The SMILES string of the molecule is C[C@H](O)c1ccc(OCCC(=O)N(C)C)cc1F. The van der Waals surface area contributed by atoms with Crippen LogP contribution in [0.2, 0.25) is 0 Å². The van der Waals surface area contributed by atoms with Crippen molar-refractivity contribution in [1.82, 2.24) is 4.90 Å². The summed E-state index contributed by atoms with van der Waals surface area (Å²) in [6.07, 6.45) is -0.610. The summed E-state index contributed by atoms with van der Waals surface area (Å²) in [4.78, 5) is 12.8. The van der Waals surface area contributed by atoms with E-state index in [2.05, 4.69) is 0 Å². The van der Waals surface area contributed by atoms with Gasteiger partial charge in [0.25, 0.3) is 0 Å². The molecule has 1 amide bonds. The van der Waals surface area contributed by atoms with Gasteiger partial charge in [-0.15, -0.1) is 0 Å². The van der Waals surface area contributed by atoms with Gasteiger partial charge in [0.1, 0.15) is 11.6 Å². The van der Waals surface area contributed by atoms with E-state index in [0.29, 0.717) is 5.75 Å². The third-order valence-electron chi connectivity index (χ3n) is 2.51. The van der Waals surface area contributed by atoms with Crippen molar-refractivity contribution in [2.24, 2.45) is 0 Å². The van der Waals surface area contributed by atoms with Crippen LogP contribution >= 0.6 is 0 Å². The molecule has 0 aromatic heterocycles. The average molecular weight is 255 g/mol. The Morgan fingerprint density at radius 1 is 1.50 bits per heavy atom. The van der Waals surface area contributed by atoms with Gasteiger partial charge in [-0.05, 0) is 19.1 Å². The van der Waals surface area contributed by atoms with Crippen molar-refractivity contribution in [3.8, 4) is 5.75 Å². The number of carbonyl (C=O) groups is 1. The largest absolute Gasteiger partial charge is 0.493 e. The number of hydrogen-bond donors (Lipinski definition) is 1. The summed E-state index contributed by atoms with van der Waals surface area (Å²) in [7, 11) is 3.33. The maximum absolute atomic E-state index is 13.5. The van der Waals surface area contributed by atoms with E-state index in [4.69, 9.17) is 4.74 Å². The first-order valence-electron chi connectivity index (χ1n) is 5.72. The molecule has 0 bridgehead atoms. The van der Waals surface area contributed by atoms with Gasteiger partial charge in [-0.2, -0.15) is 0 Å². The van der Waals surface area contributed by atoms with Gasteiger partial charge < -0.3 is 14.7 Å². The summed E-state index contributed by atoms with van der Waals surface area (Å²) in [5, 5.41) is 9.27. The molecule has 0 saturated carbocycles. The molecule has 1 rings (SSSR count). The number of aliphatic hydroxyl groups excluding tert-OH is 1. The Bertz CT molecular complexity index is 419. The number of hydrogen-bond acceptors (Lipinski definition) is 3. The molecule has 0 unspecified atom stereocenters. The van der Waals surface area contributed by atoms with Gasteiger partial charge >= 0.3 is 0 Å². The highest BCUT2D eigenvalue weighted by atomic mass is 19.1. The molecule has 4 nitrogen and oxygen atoms in total. The Kier molecular flexibility index (Phi) is 5.09. The highest BCUT2D eigenvalue weighted by Crippen LogP contribution is 2.21. The minimum Gasteiger partial charge on any atom is -0.493 e. The summed E-state index contributed by atoms with van der Waals surface area (Å²) >= 11 is 0. The van der Waals surface area contributed by atoms with Crippen LogP contribution in [-0.2, 0) is 4.79 Å². The molecule has 0 spiro atoms. The summed E-state index contributed by atoms with van der Waals surface area (Å²) in [6.45, 7) is 1.69. The van der Waals surface area contributed by atoms with Gasteiger partial charge in [-0.1, -0.05) is 0 Å². The smallest absolute Gasteiger partial charge is 0.225 e. The number of carbonyl (C=O) groups excluding carboxylic acids is 1. The zero-order valence-corrected chi connectivity index (χ0v) is 10.8. The van der Waals surface area contributed by atoms with Gasteiger partial charge in [0.2, 0.25) is 5.91 Å². The minimum absolute atomic E-state index is 0.0453. The average Bonchev–Trinajstić information content (AvgIpc) is 2.28. The van der Waals surface area contributed by atoms with E-state index in [1.807, 2.05) is 0 Å². The number of rotatable bonds is 5. The Balaban J connectivity index is 2.54. The van der Waals surface area contributed by atoms with Crippen molar-refractivity contribution in [1.29, 1.82) is 0 Å². The second-order valence-corrected chi connectivity index (χ2v) is 4.25. The van der Waals surface area contributed by atoms with Crippen LogP contribution < -0.4 is 4.74 Å². The Morgan fingerprint density at radius 2 is 2.17 bits per heavy atom. The number of amides is 1. The highest BCUT2D eigenvalue weighted by Gasteiger charge is 2.09. The Hall–Kier alpha value is -1.62. The third kappa shape index (κ3) is 4.00. The fraction of sp³-hybridized carbons (Fsp3) is 0.462. The van der Waals surface area contributed by atoms with Crippen LogP contribution in [0.5, 0.6) is 5.75 Å². The van der Waals surface area contributed by atoms with Gasteiger partial charge in [-0.25, -0.2) is 4.39 Å². The normalized spacial score (nSPS) is 12.1. The second-order valence-electron chi connectivity index (χ2n) is 4.25. The molecule has 0 saturated heterocycles. The van der Waals surface area contributed by atoms with Crippen molar-refractivity contribution in [2.45, 2.75) is 19.4 Å². The fourth-order valence-corrected chi connectivity index (χ4v) is 1.42. The van der Waals surface area contributed by atoms with Crippen LogP contribution in [0, 0.1) is 5.82 Å². The third-order valence-corrected chi connectivity index (χ3v) is 2.51. The lowest BCUT2D eigenvalue weighted by atomic mass is 10.1. The molecule has 100 valence electrons. The predicted molar refractivity (Wildman–Crippen MR) is 65.8 cm³/mol. The second kappa shape index (κ2) is 6.35. The molecule has 0 aliphatic heterocycles. The maximum atomic E-state index is 13.5. The molecule has 0 radical (unpaired) electrons. The summed E-state index contributed by atoms with van der Waals surface area (Å²) < 4.78 is 18.8. The van der Waals surface area contributed by atoms with Crippen LogP contribution in [0.3, 0.4) is 0 Å². The summed E-state index contributed by atoms with van der Waals surface area (Å²) in [5.41, 5.74) is 0.228. The lowest BCUT2D eigenvalue weighted by Gasteiger charge is -2.12. The Morgan fingerprint density at radius 3 is 2.67 bits per heavy atom. The lowest BCUT2D eigenvalue weighted by molar-refractivity contribution is -0.129. The summed E-state index contributed by atoms with van der Waals surface area (Å²) in [6, 6.07) is 4.26. The maximum Gasteiger partial charge on any atom is 0.225 e. The molecule has 1 aromatic rings.